The summed E-state index contributed by atoms with van der Waals surface area (Å²) in [6.07, 6.45) is 1.23. The summed E-state index contributed by atoms with van der Waals surface area (Å²) >= 11 is 0. The molecule has 2 aromatic rings. The second kappa shape index (κ2) is 7.02. The number of halogens is 3. The molecule has 0 radical (unpaired) electrons. The number of fused-ring (bicyclic) bond motifs is 2. The summed E-state index contributed by atoms with van der Waals surface area (Å²) in [4.78, 5) is 31.4. The van der Waals surface area contributed by atoms with E-state index in [1.165, 1.54) is 17.7 Å². The van der Waals surface area contributed by atoms with Gasteiger partial charge in [0.1, 0.15) is 17.0 Å². The van der Waals surface area contributed by atoms with Crippen LogP contribution in [0.3, 0.4) is 0 Å². The van der Waals surface area contributed by atoms with Gasteiger partial charge in [-0.05, 0) is 18.2 Å². The summed E-state index contributed by atoms with van der Waals surface area (Å²) in [6.45, 7) is 0. The molecule has 0 bridgehead atoms. The molecule has 0 aromatic carbocycles. The molecular formula is C19H17F3N4O3. The first-order chi connectivity index (χ1) is 13.8. The Kier molecular flexibility index (Phi) is 4.64. The fourth-order valence-electron chi connectivity index (χ4n) is 3.59. The number of hydrogen-bond donors (Lipinski definition) is 1. The Hall–Kier alpha value is -3.17. The van der Waals surface area contributed by atoms with Crippen molar-refractivity contribution in [3.63, 3.8) is 0 Å². The lowest BCUT2D eigenvalue weighted by atomic mass is 9.94. The zero-order valence-corrected chi connectivity index (χ0v) is 15.4. The van der Waals surface area contributed by atoms with Crippen LogP contribution in [0.5, 0.6) is 0 Å². The zero-order valence-electron chi connectivity index (χ0n) is 15.4. The number of alkyl halides is 3. The minimum atomic E-state index is -4.60. The van der Waals surface area contributed by atoms with Crippen LogP contribution in [0.15, 0.2) is 30.4 Å². The lowest BCUT2D eigenvalue weighted by Crippen LogP contribution is -2.28. The molecule has 1 amide bonds. The molecule has 4 rings (SSSR count). The van der Waals surface area contributed by atoms with E-state index in [4.69, 9.17) is 0 Å². The van der Waals surface area contributed by atoms with Gasteiger partial charge in [-0.3, -0.25) is 14.2 Å². The van der Waals surface area contributed by atoms with E-state index in [2.05, 4.69) is 20.0 Å². The lowest BCUT2D eigenvalue weighted by Gasteiger charge is -2.20. The quantitative estimate of drug-likeness (QED) is 0.789. The van der Waals surface area contributed by atoms with E-state index < -0.39 is 17.8 Å². The van der Waals surface area contributed by atoms with Gasteiger partial charge in [-0.1, -0.05) is 12.2 Å². The molecule has 2 aromatic heterocycles. The predicted octanol–water partition coefficient (Wildman–Crippen LogP) is 2.47. The maximum absolute atomic E-state index is 13.2. The third kappa shape index (κ3) is 3.62. The Balaban J connectivity index is 1.82. The normalized spacial score (nSPS) is 21.1. The fraction of sp³-hybridized carbons (Fsp3) is 0.368. The highest BCUT2D eigenvalue weighted by molar-refractivity contribution is 5.83. The Morgan fingerprint density at radius 1 is 1.34 bits per heavy atom. The molecule has 10 heteroatoms. The van der Waals surface area contributed by atoms with Crippen molar-refractivity contribution >= 4 is 28.7 Å². The minimum Gasteiger partial charge on any atom is -0.469 e. The van der Waals surface area contributed by atoms with E-state index in [1.54, 1.807) is 12.2 Å². The standard InChI is InChI=1S/C19H17F3N4O3/c1-29-17(28)7-6-15-23-13-4-5-14(19(20,21)22)25-18(13)26(15)11-2-3-12-10(8-11)9-16(27)24-12/h2-5,8,10,12H,6-7,9H2,1H3,(H,24,27). The molecule has 1 aliphatic heterocycles. The van der Waals surface area contributed by atoms with Crippen LogP contribution in [0.4, 0.5) is 13.2 Å². The van der Waals surface area contributed by atoms with Gasteiger partial charge in [-0.15, -0.1) is 0 Å². The van der Waals surface area contributed by atoms with Gasteiger partial charge in [0.05, 0.1) is 19.6 Å². The van der Waals surface area contributed by atoms with Crippen LogP contribution in [0.25, 0.3) is 16.9 Å². The fourth-order valence-corrected chi connectivity index (χ4v) is 3.59. The van der Waals surface area contributed by atoms with Gasteiger partial charge >= 0.3 is 12.1 Å². The molecule has 1 fully saturated rings. The van der Waals surface area contributed by atoms with Gasteiger partial charge in [0.2, 0.25) is 5.91 Å². The number of hydrogen-bond acceptors (Lipinski definition) is 5. The van der Waals surface area contributed by atoms with E-state index in [9.17, 15) is 22.8 Å². The summed E-state index contributed by atoms with van der Waals surface area (Å²) in [7, 11) is 1.26. The van der Waals surface area contributed by atoms with Crippen LogP contribution in [-0.2, 0) is 26.9 Å². The molecule has 152 valence electrons. The minimum absolute atomic E-state index is 0.0229. The summed E-state index contributed by atoms with van der Waals surface area (Å²) in [5.41, 5.74) is -0.125. The maximum Gasteiger partial charge on any atom is 0.433 e. The van der Waals surface area contributed by atoms with E-state index in [1.807, 2.05) is 6.08 Å². The number of ether oxygens (including phenoxy) is 1. The first-order valence-electron chi connectivity index (χ1n) is 8.98. The number of nitrogens with one attached hydrogen (secondary N) is 1. The Morgan fingerprint density at radius 3 is 2.86 bits per heavy atom. The molecule has 0 saturated carbocycles. The molecule has 1 N–H and O–H groups in total. The number of carbonyl (C=O) groups excluding carboxylic acids is 2. The zero-order chi connectivity index (χ0) is 20.8. The molecule has 29 heavy (non-hydrogen) atoms. The van der Waals surface area contributed by atoms with Gasteiger partial charge in [0, 0.05) is 24.5 Å². The maximum atomic E-state index is 13.2. The monoisotopic (exact) mass is 406 g/mol. The number of esters is 1. The van der Waals surface area contributed by atoms with Crippen molar-refractivity contribution in [1.82, 2.24) is 19.9 Å². The smallest absolute Gasteiger partial charge is 0.433 e. The van der Waals surface area contributed by atoms with Crippen LogP contribution in [0, 0.1) is 5.92 Å². The topological polar surface area (TPSA) is 86.1 Å². The Labute approximate surface area is 163 Å². The van der Waals surface area contributed by atoms with Crippen molar-refractivity contribution in [2.24, 2.45) is 5.92 Å². The van der Waals surface area contributed by atoms with Crippen molar-refractivity contribution < 1.29 is 27.5 Å². The molecule has 0 spiro atoms. The van der Waals surface area contributed by atoms with E-state index in [0.717, 1.165) is 6.07 Å². The highest BCUT2D eigenvalue weighted by Crippen LogP contribution is 2.33. The van der Waals surface area contributed by atoms with Crippen molar-refractivity contribution in [2.75, 3.05) is 7.11 Å². The molecular weight excluding hydrogens is 389 g/mol. The van der Waals surface area contributed by atoms with Crippen LogP contribution in [0.1, 0.15) is 24.4 Å². The van der Waals surface area contributed by atoms with E-state index in [0.29, 0.717) is 17.9 Å². The van der Waals surface area contributed by atoms with E-state index >= 15 is 0 Å². The third-order valence-electron chi connectivity index (χ3n) is 4.97. The SMILES string of the molecule is COC(=O)CCc1nc2ccc(C(F)(F)F)nc2n1C1=CC2CC(=O)NC2C=C1. The number of aryl methyl sites for hydroxylation is 1. The van der Waals surface area contributed by atoms with Crippen LogP contribution >= 0.6 is 0 Å². The first-order valence-corrected chi connectivity index (χ1v) is 8.98. The van der Waals surface area contributed by atoms with Crippen molar-refractivity contribution in [2.45, 2.75) is 31.5 Å². The first kappa shape index (κ1) is 19.2. The summed E-state index contributed by atoms with van der Waals surface area (Å²) in [5, 5.41) is 2.83. The molecule has 2 aliphatic rings. The number of rotatable bonds is 4. The highest BCUT2D eigenvalue weighted by atomic mass is 19.4. The van der Waals surface area contributed by atoms with Crippen LogP contribution < -0.4 is 5.32 Å². The number of allylic oxidation sites excluding steroid dienone is 2. The van der Waals surface area contributed by atoms with Crippen LogP contribution in [0.2, 0.25) is 0 Å². The molecule has 2 unspecified atom stereocenters. The average Bonchev–Trinajstić information content (AvgIpc) is 3.22. The van der Waals surface area contributed by atoms with Gasteiger partial charge in [-0.2, -0.15) is 13.2 Å². The molecule has 7 nitrogen and oxygen atoms in total. The molecule has 2 atom stereocenters. The average molecular weight is 406 g/mol. The molecule has 3 heterocycles. The van der Waals surface area contributed by atoms with Gasteiger partial charge in [0.15, 0.2) is 5.65 Å². The van der Waals surface area contributed by atoms with Crippen molar-refractivity contribution in [1.29, 1.82) is 0 Å². The summed E-state index contributed by atoms with van der Waals surface area (Å²) in [6, 6.07) is 2.00. The second-order valence-electron chi connectivity index (χ2n) is 6.89. The summed E-state index contributed by atoms with van der Waals surface area (Å²) in [5.74, 6) is -0.254. The Morgan fingerprint density at radius 2 is 2.14 bits per heavy atom. The molecule has 1 saturated heterocycles. The number of methoxy groups -OCH3 is 1. The van der Waals surface area contributed by atoms with Crippen molar-refractivity contribution in [3.05, 3.63) is 41.9 Å². The number of pyridine rings is 1. The number of imidazole rings is 1. The van der Waals surface area contributed by atoms with Gasteiger partial charge in [0.25, 0.3) is 0 Å². The highest BCUT2D eigenvalue weighted by Gasteiger charge is 2.34. The number of nitrogens with zero attached hydrogens (tertiary/aromatic N) is 3. The summed E-state index contributed by atoms with van der Waals surface area (Å²) < 4.78 is 45.7. The van der Waals surface area contributed by atoms with E-state index in [-0.39, 0.29) is 41.9 Å². The van der Waals surface area contributed by atoms with Gasteiger partial charge < -0.3 is 10.1 Å². The lowest BCUT2D eigenvalue weighted by molar-refractivity contribution is -0.141. The van der Waals surface area contributed by atoms with Gasteiger partial charge in [-0.25, -0.2) is 9.97 Å². The number of amides is 1. The predicted molar refractivity (Wildman–Crippen MR) is 96.3 cm³/mol. The second-order valence-corrected chi connectivity index (χ2v) is 6.89. The number of carbonyl (C=O) groups is 2. The number of aromatic nitrogens is 3. The van der Waals surface area contributed by atoms with Crippen molar-refractivity contribution in [3.8, 4) is 0 Å². The molecule has 1 aliphatic carbocycles. The third-order valence-corrected chi connectivity index (χ3v) is 4.97. The Bertz CT molecular complexity index is 1050. The van der Waals surface area contributed by atoms with Crippen LogP contribution in [-0.4, -0.2) is 39.6 Å². The largest absolute Gasteiger partial charge is 0.469 e.